The molecule has 27 heavy (non-hydrogen) atoms. The Hall–Kier alpha value is -2.53. The lowest BCUT2D eigenvalue weighted by Crippen LogP contribution is -2.31. The fraction of sp³-hybridized carbons (Fsp3) is 0.409. The van der Waals surface area contributed by atoms with Gasteiger partial charge in [0.05, 0.1) is 7.11 Å². The highest BCUT2D eigenvalue weighted by atomic mass is 16.5. The van der Waals surface area contributed by atoms with Gasteiger partial charge in [-0.1, -0.05) is 6.07 Å². The van der Waals surface area contributed by atoms with Gasteiger partial charge in [-0.15, -0.1) is 0 Å². The number of hydrogen-bond donors (Lipinski definition) is 1. The van der Waals surface area contributed by atoms with Crippen LogP contribution in [0.25, 0.3) is 0 Å². The van der Waals surface area contributed by atoms with Crippen molar-refractivity contribution in [3.63, 3.8) is 0 Å². The molecule has 0 saturated heterocycles. The fourth-order valence-corrected chi connectivity index (χ4v) is 3.19. The van der Waals surface area contributed by atoms with E-state index in [-0.39, 0.29) is 18.6 Å². The summed E-state index contributed by atoms with van der Waals surface area (Å²) in [5, 5.41) is 9.41. The molecule has 0 aliphatic carbocycles. The summed E-state index contributed by atoms with van der Waals surface area (Å²) in [4.78, 5) is 16.5. The lowest BCUT2D eigenvalue weighted by atomic mass is 10.1. The van der Waals surface area contributed by atoms with E-state index in [0.29, 0.717) is 25.1 Å². The molecule has 2 aromatic rings. The van der Waals surface area contributed by atoms with Crippen molar-refractivity contribution < 1.29 is 14.6 Å². The van der Waals surface area contributed by atoms with Gasteiger partial charge < -0.3 is 19.6 Å². The number of carbonyl (C=O) groups excluding carboxylic acids is 1. The molecule has 0 saturated carbocycles. The van der Waals surface area contributed by atoms with Crippen LogP contribution < -0.4 is 9.64 Å². The van der Waals surface area contributed by atoms with Crippen molar-refractivity contribution in [3.05, 3.63) is 54.1 Å². The summed E-state index contributed by atoms with van der Waals surface area (Å²) in [5.74, 6) is 0.824. The van der Waals surface area contributed by atoms with Crippen LogP contribution in [0.3, 0.4) is 0 Å². The molecule has 1 N–H and O–H groups in total. The number of carbonyl (C=O) groups is 1. The maximum absolute atomic E-state index is 12.5. The minimum atomic E-state index is 0.0443. The Morgan fingerprint density at radius 3 is 2.30 bits per heavy atom. The maximum atomic E-state index is 12.5. The number of aliphatic hydroxyl groups excluding tert-OH is 1. The van der Waals surface area contributed by atoms with Crippen molar-refractivity contribution in [2.24, 2.45) is 0 Å². The van der Waals surface area contributed by atoms with Gasteiger partial charge in [0.2, 0.25) is 0 Å². The molecule has 0 heterocycles. The SMILES string of the molecule is CCN(CC)C(=O)c1ccc(N(c2cccc(OC)c2)C(C)CCO)cc1. The number of amides is 1. The van der Waals surface area contributed by atoms with Gasteiger partial charge >= 0.3 is 0 Å². The molecule has 5 heteroatoms. The summed E-state index contributed by atoms with van der Waals surface area (Å²) in [5.41, 5.74) is 2.64. The normalized spacial score (nSPS) is 11.7. The van der Waals surface area contributed by atoms with Crippen LogP contribution in [-0.2, 0) is 0 Å². The number of benzene rings is 2. The Labute approximate surface area is 162 Å². The third kappa shape index (κ3) is 5.01. The summed E-state index contributed by atoms with van der Waals surface area (Å²) in [6.07, 6.45) is 0.636. The van der Waals surface area contributed by atoms with Gasteiger partial charge in [-0.3, -0.25) is 4.79 Å². The van der Waals surface area contributed by atoms with E-state index in [2.05, 4.69) is 11.8 Å². The third-order valence-corrected chi connectivity index (χ3v) is 4.76. The van der Waals surface area contributed by atoms with E-state index >= 15 is 0 Å². The van der Waals surface area contributed by atoms with Crippen LogP contribution in [0.1, 0.15) is 37.6 Å². The molecule has 0 aliphatic rings. The molecule has 0 spiro atoms. The molecule has 0 radical (unpaired) electrons. The zero-order valence-electron chi connectivity index (χ0n) is 16.7. The topological polar surface area (TPSA) is 53.0 Å². The summed E-state index contributed by atoms with van der Waals surface area (Å²) < 4.78 is 5.36. The van der Waals surface area contributed by atoms with Gasteiger partial charge in [0.25, 0.3) is 5.91 Å². The lowest BCUT2D eigenvalue weighted by Gasteiger charge is -2.31. The highest BCUT2D eigenvalue weighted by Gasteiger charge is 2.18. The standard InChI is InChI=1S/C22H30N2O3/c1-5-23(6-2)22(26)18-10-12-19(13-11-18)24(17(3)14-15-25)20-8-7-9-21(16-20)27-4/h7-13,16-17,25H,5-6,14-15H2,1-4H3. The Bertz CT molecular complexity index is 727. The molecule has 5 nitrogen and oxygen atoms in total. The lowest BCUT2D eigenvalue weighted by molar-refractivity contribution is 0.0773. The van der Waals surface area contributed by atoms with Crippen molar-refractivity contribution in [2.45, 2.75) is 33.2 Å². The highest BCUT2D eigenvalue weighted by Crippen LogP contribution is 2.31. The molecule has 146 valence electrons. The minimum absolute atomic E-state index is 0.0443. The molecule has 2 rings (SSSR count). The monoisotopic (exact) mass is 370 g/mol. The summed E-state index contributed by atoms with van der Waals surface area (Å²) in [6, 6.07) is 15.6. The number of rotatable bonds is 9. The molecule has 0 fully saturated rings. The predicted octanol–water partition coefficient (Wildman–Crippen LogP) is 4.09. The molecular formula is C22H30N2O3. The van der Waals surface area contributed by atoms with Gasteiger partial charge in [0.15, 0.2) is 0 Å². The first-order valence-corrected chi connectivity index (χ1v) is 9.49. The van der Waals surface area contributed by atoms with Crippen molar-refractivity contribution in [3.8, 4) is 5.75 Å². The first kappa shape index (κ1) is 20.8. The second-order valence-electron chi connectivity index (χ2n) is 6.46. The van der Waals surface area contributed by atoms with E-state index in [1.54, 1.807) is 7.11 Å². The second-order valence-corrected chi connectivity index (χ2v) is 6.46. The van der Waals surface area contributed by atoms with Crippen molar-refractivity contribution in [1.82, 2.24) is 4.90 Å². The van der Waals surface area contributed by atoms with Crippen molar-refractivity contribution in [1.29, 1.82) is 0 Å². The van der Waals surface area contributed by atoms with Gasteiger partial charge in [-0.05, 0) is 63.6 Å². The van der Waals surface area contributed by atoms with Crippen LogP contribution in [0.2, 0.25) is 0 Å². The quantitative estimate of drug-likeness (QED) is 0.722. The van der Waals surface area contributed by atoms with Crippen LogP contribution in [0.4, 0.5) is 11.4 Å². The Morgan fingerprint density at radius 1 is 1.07 bits per heavy atom. The summed E-state index contributed by atoms with van der Waals surface area (Å²) in [6.45, 7) is 7.54. The van der Waals surface area contributed by atoms with E-state index in [9.17, 15) is 9.90 Å². The largest absolute Gasteiger partial charge is 0.497 e. The predicted molar refractivity (Wildman–Crippen MR) is 110 cm³/mol. The van der Waals surface area contributed by atoms with Crippen LogP contribution in [0.15, 0.2) is 48.5 Å². The number of anilines is 2. The number of nitrogens with zero attached hydrogens (tertiary/aromatic N) is 2. The third-order valence-electron chi connectivity index (χ3n) is 4.76. The zero-order chi connectivity index (χ0) is 19.8. The Balaban J connectivity index is 2.37. The molecule has 0 aromatic heterocycles. The first-order valence-electron chi connectivity index (χ1n) is 9.49. The molecular weight excluding hydrogens is 340 g/mol. The zero-order valence-corrected chi connectivity index (χ0v) is 16.7. The average Bonchev–Trinajstić information content (AvgIpc) is 2.70. The van der Waals surface area contributed by atoms with E-state index in [0.717, 1.165) is 17.1 Å². The van der Waals surface area contributed by atoms with E-state index in [1.165, 1.54) is 0 Å². The number of ether oxygens (including phenoxy) is 1. The number of aliphatic hydroxyl groups is 1. The second kappa shape index (κ2) is 9.97. The number of hydrogen-bond acceptors (Lipinski definition) is 4. The molecule has 2 aromatic carbocycles. The van der Waals surface area contributed by atoms with Crippen molar-refractivity contribution in [2.75, 3.05) is 31.7 Å². The Kier molecular flexibility index (Phi) is 7.67. The highest BCUT2D eigenvalue weighted by molar-refractivity contribution is 5.94. The average molecular weight is 370 g/mol. The van der Waals surface area contributed by atoms with Gasteiger partial charge in [0, 0.05) is 48.7 Å². The van der Waals surface area contributed by atoms with E-state index < -0.39 is 0 Å². The minimum Gasteiger partial charge on any atom is -0.497 e. The fourth-order valence-electron chi connectivity index (χ4n) is 3.19. The van der Waals surface area contributed by atoms with Crippen LogP contribution in [0.5, 0.6) is 5.75 Å². The number of methoxy groups -OCH3 is 1. The smallest absolute Gasteiger partial charge is 0.253 e. The Morgan fingerprint density at radius 2 is 1.74 bits per heavy atom. The molecule has 1 amide bonds. The van der Waals surface area contributed by atoms with Crippen LogP contribution >= 0.6 is 0 Å². The van der Waals surface area contributed by atoms with Gasteiger partial charge in [-0.2, -0.15) is 0 Å². The summed E-state index contributed by atoms with van der Waals surface area (Å²) in [7, 11) is 1.65. The van der Waals surface area contributed by atoms with Crippen LogP contribution in [0, 0.1) is 0 Å². The van der Waals surface area contributed by atoms with Gasteiger partial charge in [-0.25, -0.2) is 0 Å². The van der Waals surface area contributed by atoms with Gasteiger partial charge in [0.1, 0.15) is 5.75 Å². The van der Waals surface area contributed by atoms with Crippen LogP contribution in [-0.4, -0.2) is 48.8 Å². The molecule has 0 aliphatic heterocycles. The van der Waals surface area contributed by atoms with E-state index in [4.69, 9.17) is 4.74 Å². The van der Waals surface area contributed by atoms with E-state index in [1.807, 2.05) is 67.3 Å². The molecule has 1 atom stereocenters. The summed E-state index contributed by atoms with van der Waals surface area (Å²) >= 11 is 0. The molecule has 0 bridgehead atoms. The van der Waals surface area contributed by atoms with Crippen molar-refractivity contribution >= 4 is 17.3 Å². The molecule has 1 unspecified atom stereocenters. The maximum Gasteiger partial charge on any atom is 0.253 e. The first-order chi connectivity index (χ1) is 13.0.